The summed E-state index contributed by atoms with van der Waals surface area (Å²) in [4.78, 5) is 15.7. The summed E-state index contributed by atoms with van der Waals surface area (Å²) in [6, 6.07) is 12.3. The molecule has 0 atom stereocenters. The number of nitrogens with zero attached hydrogens (tertiary/aromatic N) is 2. The number of para-hydroxylation sites is 1. The maximum atomic E-state index is 11.2. The molecule has 1 amide bonds. The second-order valence-corrected chi connectivity index (χ2v) is 7.57. The molecule has 0 radical (unpaired) electrons. The SMILES string of the molecule is N#CC(=Cc1cc(O)c(O)c(CSc2nc3ccccc3s2)c1)C(N)=O. The Morgan fingerprint density at radius 2 is 2.12 bits per heavy atom. The number of thioether (sulfide) groups is 1. The fraction of sp³-hybridized carbons (Fsp3) is 0.0556. The summed E-state index contributed by atoms with van der Waals surface area (Å²) in [6.45, 7) is 0. The third kappa shape index (κ3) is 3.79. The van der Waals surface area contributed by atoms with Crippen molar-refractivity contribution in [1.29, 1.82) is 5.26 Å². The highest BCUT2D eigenvalue weighted by molar-refractivity contribution is 8.00. The molecule has 0 saturated carbocycles. The molecule has 1 heterocycles. The molecular weight excluding hydrogens is 370 g/mol. The number of nitriles is 1. The number of hydrogen-bond donors (Lipinski definition) is 3. The highest BCUT2D eigenvalue weighted by atomic mass is 32.2. The number of phenolic OH excluding ortho intramolecular Hbond substituents is 2. The van der Waals surface area contributed by atoms with Crippen molar-refractivity contribution < 1.29 is 15.0 Å². The van der Waals surface area contributed by atoms with Gasteiger partial charge in [-0.2, -0.15) is 5.26 Å². The van der Waals surface area contributed by atoms with Crippen LogP contribution in [0.3, 0.4) is 0 Å². The fourth-order valence-electron chi connectivity index (χ4n) is 2.27. The number of fused-ring (bicyclic) bond motifs is 1. The number of rotatable bonds is 5. The molecule has 2 aromatic carbocycles. The second-order valence-electron chi connectivity index (χ2n) is 5.32. The summed E-state index contributed by atoms with van der Waals surface area (Å²) >= 11 is 2.96. The molecule has 130 valence electrons. The summed E-state index contributed by atoms with van der Waals surface area (Å²) in [7, 11) is 0. The molecule has 3 rings (SSSR count). The zero-order valence-corrected chi connectivity index (χ0v) is 15.0. The number of carbonyl (C=O) groups excluding carboxylic acids is 1. The number of benzene rings is 2. The van der Waals surface area contributed by atoms with Gasteiger partial charge < -0.3 is 15.9 Å². The minimum atomic E-state index is -0.856. The van der Waals surface area contributed by atoms with Crippen molar-refractivity contribution >= 4 is 45.3 Å². The Bertz CT molecular complexity index is 1030. The first-order valence-electron chi connectivity index (χ1n) is 7.42. The van der Waals surface area contributed by atoms with E-state index >= 15 is 0 Å². The minimum absolute atomic E-state index is 0.236. The molecule has 0 aliphatic heterocycles. The monoisotopic (exact) mass is 383 g/mol. The van der Waals surface area contributed by atoms with Crippen LogP contribution >= 0.6 is 23.1 Å². The van der Waals surface area contributed by atoms with Gasteiger partial charge in [-0.1, -0.05) is 23.9 Å². The molecular formula is C18H13N3O3S2. The predicted octanol–water partition coefficient (Wildman–Crippen LogP) is 3.39. The molecule has 0 aliphatic carbocycles. The van der Waals surface area contributed by atoms with E-state index in [9.17, 15) is 15.0 Å². The van der Waals surface area contributed by atoms with Gasteiger partial charge in [-0.25, -0.2) is 4.98 Å². The first-order chi connectivity index (χ1) is 12.5. The number of aromatic hydroxyl groups is 2. The van der Waals surface area contributed by atoms with Gasteiger partial charge in [0.25, 0.3) is 5.91 Å². The Morgan fingerprint density at radius 1 is 1.35 bits per heavy atom. The highest BCUT2D eigenvalue weighted by Gasteiger charge is 2.12. The average Bonchev–Trinajstić information content (AvgIpc) is 3.03. The number of hydrogen-bond acceptors (Lipinski definition) is 7. The van der Waals surface area contributed by atoms with E-state index < -0.39 is 5.91 Å². The van der Waals surface area contributed by atoms with Crippen LogP contribution in [0, 0.1) is 11.3 Å². The smallest absolute Gasteiger partial charge is 0.259 e. The number of thiazole rings is 1. The van der Waals surface area contributed by atoms with Gasteiger partial charge in [0, 0.05) is 11.3 Å². The van der Waals surface area contributed by atoms with Gasteiger partial charge in [-0.3, -0.25) is 4.79 Å². The molecule has 3 aromatic rings. The van der Waals surface area contributed by atoms with Crippen LogP contribution in [0.2, 0.25) is 0 Å². The number of nitrogens with two attached hydrogens (primary N) is 1. The maximum Gasteiger partial charge on any atom is 0.259 e. The zero-order valence-electron chi connectivity index (χ0n) is 13.3. The summed E-state index contributed by atoms with van der Waals surface area (Å²) in [5.74, 6) is -1.07. The number of aromatic nitrogens is 1. The molecule has 8 heteroatoms. The van der Waals surface area contributed by atoms with Crippen LogP contribution in [0.4, 0.5) is 0 Å². The van der Waals surface area contributed by atoms with E-state index in [1.54, 1.807) is 23.5 Å². The van der Waals surface area contributed by atoms with E-state index in [2.05, 4.69) is 4.98 Å². The van der Waals surface area contributed by atoms with E-state index in [4.69, 9.17) is 11.0 Å². The van der Waals surface area contributed by atoms with Crippen molar-refractivity contribution in [2.45, 2.75) is 10.1 Å². The topological polar surface area (TPSA) is 120 Å². The Balaban J connectivity index is 1.87. The van der Waals surface area contributed by atoms with Crippen LogP contribution in [-0.2, 0) is 10.5 Å². The Morgan fingerprint density at radius 3 is 2.81 bits per heavy atom. The predicted molar refractivity (Wildman–Crippen MR) is 102 cm³/mol. The molecule has 0 unspecified atom stereocenters. The lowest BCUT2D eigenvalue weighted by molar-refractivity contribution is -0.114. The summed E-state index contributed by atoms with van der Waals surface area (Å²) in [5.41, 5.74) is 6.65. The zero-order chi connectivity index (χ0) is 18.7. The van der Waals surface area contributed by atoms with E-state index in [-0.39, 0.29) is 17.1 Å². The first-order valence-corrected chi connectivity index (χ1v) is 9.23. The van der Waals surface area contributed by atoms with Crippen molar-refractivity contribution in [3.8, 4) is 17.6 Å². The third-order valence-corrected chi connectivity index (χ3v) is 5.74. The normalized spacial score (nSPS) is 11.4. The standard InChI is InChI=1S/C18H13N3O3S2/c19-8-11(17(20)24)5-10-6-12(16(23)14(22)7-10)9-25-18-21-13-3-1-2-4-15(13)26-18/h1-7,22-23H,9H2,(H2,20,24). The molecule has 0 fully saturated rings. The van der Waals surface area contributed by atoms with Crippen LogP contribution in [-0.4, -0.2) is 21.1 Å². The fourth-order valence-corrected chi connectivity index (χ4v) is 4.31. The number of primary amides is 1. The van der Waals surface area contributed by atoms with Crippen LogP contribution in [0.25, 0.3) is 16.3 Å². The number of phenols is 2. The number of carbonyl (C=O) groups is 1. The van der Waals surface area contributed by atoms with Gasteiger partial charge in [0.15, 0.2) is 15.8 Å². The van der Waals surface area contributed by atoms with Gasteiger partial charge in [0.1, 0.15) is 11.6 Å². The van der Waals surface area contributed by atoms with Crippen LogP contribution < -0.4 is 5.73 Å². The Hall–Kier alpha value is -3.02. The van der Waals surface area contributed by atoms with E-state index in [1.807, 2.05) is 24.3 Å². The number of amides is 1. The van der Waals surface area contributed by atoms with Crippen molar-refractivity contribution in [2.24, 2.45) is 5.73 Å². The minimum Gasteiger partial charge on any atom is -0.504 e. The van der Waals surface area contributed by atoms with Gasteiger partial charge in [0.2, 0.25) is 0 Å². The Labute approximate surface area is 157 Å². The van der Waals surface area contributed by atoms with Crippen molar-refractivity contribution in [1.82, 2.24) is 4.98 Å². The summed E-state index contributed by atoms with van der Waals surface area (Å²) in [6.07, 6.45) is 1.27. The van der Waals surface area contributed by atoms with Crippen LogP contribution in [0.1, 0.15) is 11.1 Å². The molecule has 0 bridgehead atoms. The highest BCUT2D eigenvalue weighted by Crippen LogP contribution is 2.37. The van der Waals surface area contributed by atoms with Gasteiger partial charge in [0.05, 0.1) is 10.2 Å². The van der Waals surface area contributed by atoms with E-state index in [0.29, 0.717) is 16.9 Å². The maximum absolute atomic E-state index is 11.2. The summed E-state index contributed by atoms with van der Waals surface area (Å²) < 4.78 is 1.90. The van der Waals surface area contributed by atoms with Crippen LogP contribution in [0.5, 0.6) is 11.5 Å². The van der Waals surface area contributed by atoms with E-state index in [1.165, 1.54) is 23.9 Å². The molecule has 0 aliphatic rings. The second kappa shape index (κ2) is 7.47. The molecule has 0 spiro atoms. The largest absolute Gasteiger partial charge is 0.504 e. The quantitative estimate of drug-likeness (QED) is 0.269. The van der Waals surface area contributed by atoms with E-state index in [0.717, 1.165) is 14.6 Å². The third-order valence-electron chi connectivity index (χ3n) is 3.51. The van der Waals surface area contributed by atoms with Crippen molar-refractivity contribution in [3.63, 3.8) is 0 Å². The van der Waals surface area contributed by atoms with Gasteiger partial charge in [-0.15, -0.1) is 11.3 Å². The molecule has 0 saturated heterocycles. The lowest BCUT2D eigenvalue weighted by Crippen LogP contribution is -2.12. The van der Waals surface area contributed by atoms with Gasteiger partial charge >= 0.3 is 0 Å². The summed E-state index contributed by atoms with van der Waals surface area (Å²) in [5, 5.41) is 28.9. The average molecular weight is 383 g/mol. The molecule has 6 nitrogen and oxygen atoms in total. The van der Waals surface area contributed by atoms with Crippen LogP contribution in [0.15, 0.2) is 46.3 Å². The molecule has 4 N–H and O–H groups in total. The first kappa shape index (κ1) is 17.8. The molecule has 1 aromatic heterocycles. The molecule has 26 heavy (non-hydrogen) atoms. The van der Waals surface area contributed by atoms with Gasteiger partial charge in [-0.05, 0) is 35.9 Å². The Kier molecular flexibility index (Phi) is 5.11. The van der Waals surface area contributed by atoms with Crippen molar-refractivity contribution in [2.75, 3.05) is 0 Å². The lowest BCUT2D eigenvalue weighted by atomic mass is 10.1. The lowest BCUT2D eigenvalue weighted by Gasteiger charge is -2.07. The van der Waals surface area contributed by atoms with Crippen molar-refractivity contribution in [3.05, 3.63) is 53.1 Å².